The van der Waals surface area contributed by atoms with Gasteiger partial charge < -0.3 is 9.42 Å². The Labute approximate surface area is 160 Å². The highest BCUT2D eigenvalue weighted by Crippen LogP contribution is 2.28. The van der Waals surface area contributed by atoms with Gasteiger partial charge in [0, 0.05) is 49.9 Å². The van der Waals surface area contributed by atoms with E-state index in [1.165, 1.54) is 16.8 Å². The molecule has 27 heavy (non-hydrogen) atoms. The molecule has 1 fully saturated rings. The molecule has 1 saturated heterocycles. The standard InChI is InChI=1S/C21H27N5O/c1-3-7-17-14-20(18-8-4-5-9-19(18)23-17)26-11-6-10-25(12-13-26)15-21-22-16(2)27-24-21/h4-5,8-9,14H,3,6-7,10-13,15H2,1-2H3. The first-order valence-corrected chi connectivity index (χ1v) is 9.88. The number of para-hydroxylation sites is 1. The van der Waals surface area contributed by atoms with Crippen molar-refractivity contribution >= 4 is 16.6 Å². The lowest BCUT2D eigenvalue weighted by Gasteiger charge is -2.25. The second-order valence-electron chi connectivity index (χ2n) is 7.25. The van der Waals surface area contributed by atoms with E-state index in [2.05, 4.69) is 57.2 Å². The molecule has 6 heteroatoms. The largest absolute Gasteiger partial charge is 0.370 e. The van der Waals surface area contributed by atoms with Gasteiger partial charge >= 0.3 is 0 Å². The Morgan fingerprint density at radius 1 is 1.07 bits per heavy atom. The Kier molecular flexibility index (Phi) is 5.34. The summed E-state index contributed by atoms with van der Waals surface area (Å²) in [6, 6.07) is 10.8. The maximum Gasteiger partial charge on any atom is 0.223 e. The Bertz CT molecular complexity index is 906. The molecule has 0 aliphatic carbocycles. The summed E-state index contributed by atoms with van der Waals surface area (Å²) in [5.41, 5.74) is 3.61. The molecule has 0 spiro atoms. The van der Waals surface area contributed by atoms with E-state index in [1.54, 1.807) is 0 Å². The zero-order valence-corrected chi connectivity index (χ0v) is 16.2. The van der Waals surface area contributed by atoms with Crippen LogP contribution < -0.4 is 4.90 Å². The molecule has 1 aliphatic rings. The van der Waals surface area contributed by atoms with E-state index in [9.17, 15) is 0 Å². The van der Waals surface area contributed by atoms with Crippen molar-refractivity contribution in [2.45, 2.75) is 39.7 Å². The van der Waals surface area contributed by atoms with E-state index in [-0.39, 0.29) is 0 Å². The Balaban J connectivity index is 1.54. The van der Waals surface area contributed by atoms with Crippen LogP contribution in [0.1, 0.15) is 37.2 Å². The van der Waals surface area contributed by atoms with Crippen molar-refractivity contribution in [3.8, 4) is 0 Å². The maximum atomic E-state index is 5.11. The fourth-order valence-electron chi connectivity index (χ4n) is 3.83. The van der Waals surface area contributed by atoms with Crippen LogP contribution >= 0.6 is 0 Å². The lowest BCUT2D eigenvalue weighted by atomic mass is 10.1. The Hall–Kier alpha value is -2.47. The van der Waals surface area contributed by atoms with Gasteiger partial charge in [0.25, 0.3) is 0 Å². The molecule has 0 unspecified atom stereocenters. The molecule has 4 rings (SSSR count). The molecule has 0 amide bonds. The number of rotatable bonds is 5. The minimum atomic E-state index is 0.633. The first-order chi connectivity index (χ1) is 13.2. The summed E-state index contributed by atoms with van der Waals surface area (Å²) >= 11 is 0. The van der Waals surface area contributed by atoms with E-state index < -0.39 is 0 Å². The summed E-state index contributed by atoms with van der Waals surface area (Å²) in [5, 5.41) is 5.29. The zero-order valence-electron chi connectivity index (χ0n) is 16.2. The average molecular weight is 365 g/mol. The minimum Gasteiger partial charge on any atom is -0.370 e. The first kappa shape index (κ1) is 17.9. The highest BCUT2D eigenvalue weighted by molar-refractivity contribution is 5.92. The summed E-state index contributed by atoms with van der Waals surface area (Å²) in [7, 11) is 0. The number of nitrogens with zero attached hydrogens (tertiary/aromatic N) is 5. The number of benzene rings is 1. The Morgan fingerprint density at radius 3 is 2.78 bits per heavy atom. The van der Waals surface area contributed by atoms with E-state index in [1.807, 2.05) is 6.92 Å². The smallest absolute Gasteiger partial charge is 0.223 e. The van der Waals surface area contributed by atoms with Crippen molar-refractivity contribution < 1.29 is 4.52 Å². The minimum absolute atomic E-state index is 0.633. The van der Waals surface area contributed by atoms with Gasteiger partial charge in [-0.15, -0.1) is 0 Å². The molecule has 0 radical (unpaired) electrons. The van der Waals surface area contributed by atoms with Crippen molar-refractivity contribution in [3.63, 3.8) is 0 Å². The summed E-state index contributed by atoms with van der Waals surface area (Å²) < 4.78 is 5.11. The number of aryl methyl sites for hydroxylation is 2. The molecular weight excluding hydrogens is 338 g/mol. The normalized spacial score (nSPS) is 16.0. The number of anilines is 1. The van der Waals surface area contributed by atoms with Gasteiger partial charge in [-0.2, -0.15) is 4.98 Å². The summed E-state index contributed by atoms with van der Waals surface area (Å²) in [6.07, 6.45) is 3.26. The number of hydrogen-bond donors (Lipinski definition) is 0. The third-order valence-electron chi connectivity index (χ3n) is 5.12. The topological polar surface area (TPSA) is 58.3 Å². The SMILES string of the molecule is CCCc1cc(N2CCCN(Cc3noc(C)n3)CC2)c2ccccc2n1. The molecule has 1 aromatic carbocycles. The van der Waals surface area contributed by atoms with E-state index in [0.29, 0.717) is 5.89 Å². The predicted molar refractivity (Wildman–Crippen MR) is 107 cm³/mol. The van der Waals surface area contributed by atoms with Crippen LogP contribution in [0.3, 0.4) is 0 Å². The third kappa shape index (κ3) is 4.11. The van der Waals surface area contributed by atoms with E-state index in [4.69, 9.17) is 9.51 Å². The average Bonchev–Trinajstić information content (AvgIpc) is 2.94. The fraction of sp³-hybridized carbons (Fsp3) is 0.476. The van der Waals surface area contributed by atoms with Crippen molar-refractivity contribution in [1.29, 1.82) is 0 Å². The fourth-order valence-corrected chi connectivity index (χ4v) is 3.83. The lowest BCUT2D eigenvalue weighted by molar-refractivity contribution is 0.272. The van der Waals surface area contributed by atoms with Crippen LogP contribution in [0.25, 0.3) is 10.9 Å². The van der Waals surface area contributed by atoms with Gasteiger partial charge in [-0.1, -0.05) is 36.7 Å². The van der Waals surface area contributed by atoms with Crippen LogP contribution in [0.2, 0.25) is 0 Å². The highest BCUT2D eigenvalue weighted by atomic mass is 16.5. The molecule has 3 heterocycles. The molecule has 0 saturated carbocycles. The first-order valence-electron chi connectivity index (χ1n) is 9.88. The van der Waals surface area contributed by atoms with Crippen LogP contribution in [0.5, 0.6) is 0 Å². The van der Waals surface area contributed by atoms with Crippen LogP contribution in [0, 0.1) is 6.92 Å². The van der Waals surface area contributed by atoms with Gasteiger partial charge in [-0.3, -0.25) is 9.88 Å². The number of aromatic nitrogens is 3. The predicted octanol–water partition coefficient (Wildman–Crippen LogP) is 3.59. The summed E-state index contributed by atoms with van der Waals surface area (Å²) in [6.45, 7) is 8.90. The molecule has 6 nitrogen and oxygen atoms in total. The van der Waals surface area contributed by atoms with Gasteiger partial charge in [0.05, 0.1) is 12.1 Å². The second-order valence-corrected chi connectivity index (χ2v) is 7.25. The van der Waals surface area contributed by atoms with Gasteiger partial charge in [0.1, 0.15) is 0 Å². The number of hydrogen-bond acceptors (Lipinski definition) is 6. The number of pyridine rings is 1. The molecule has 0 atom stereocenters. The number of fused-ring (bicyclic) bond motifs is 1. The third-order valence-corrected chi connectivity index (χ3v) is 5.12. The van der Waals surface area contributed by atoms with Crippen LogP contribution in [-0.2, 0) is 13.0 Å². The second kappa shape index (κ2) is 8.05. The van der Waals surface area contributed by atoms with E-state index >= 15 is 0 Å². The van der Waals surface area contributed by atoms with Gasteiger partial charge in [0.2, 0.25) is 5.89 Å². The van der Waals surface area contributed by atoms with Gasteiger partial charge in [-0.25, -0.2) is 0 Å². The quantitative estimate of drug-likeness (QED) is 0.689. The molecular formula is C21H27N5O. The zero-order chi connectivity index (χ0) is 18.6. The Morgan fingerprint density at radius 2 is 1.96 bits per heavy atom. The van der Waals surface area contributed by atoms with Crippen molar-refractivity contribution in [2.24, 2.45) is 0 Å². The monoisotopic (exact) mass is 365 g/mol. The van der Waals surface area contributed by atoms with Crippen LogP contribution in [0.4, 0.5) is 5.69 Å². The molecule has 0 N–H and O–H groups in total. The molecule has 3 aromatic rings. The van der Waals surface area contributed by atoms with Crippen molar-refractivity contribution in [1.82, 2.24) is 20.0 Å². The maximum absolute atomic E-state index is 5.11. The highest BCUT2D eigenvalue weighted by Gasteiger charge is 2.19. The molecule has 1 aliphatic heterocycles. The summed E-state index contributed by atoms with van der Waals surface area (Å²) in [5.74, 6) is 1.41. The van der Waals surface area contributed by atoms with Crippen LogP contribution in [0.15, 0.2) is 34.9 Å². The molecule has 0 bridgehead atoms. The van der Waals surface area contributed by atoms with Crippen molar-refractivity contribution in [3.05, 3.63) is 47.7 Å². The van der Waals surface area contributed by atoms with Crippen molar-refractivity contribution in [2.75, 3.05) is 31.1 Å². The summed E-state index contributed by atoms with van der Waals surface area (Å²) in [4.78, 5) is 14.1. The lowest BCUT2D eigenvalue weighted by Crippen LogP contribution is -2.31. The molecule has 142 valence electrons. The van der Waals surface area contributed by atoms with Gasteiger partial charge in [0.15, 0.2) is 5.82 Å². The molecule has 2 aromatic heterocycles. The van der Waals surface area contributed by atoms with Crippen LogP contribution in [-0.4, -0.2) is 46.2 Å². The van der Waals surface area contributed by atoms with Gasteiger partial charge in [-0.05, 0) is 25.0 Å². The van der Waals surface area contributed by atoms with E-state index in [0.717, 1.165) is 63.3 Å².